The maximum absolute atomic E-state index is 11.6. The third kappa shape index (κ3) is 18.3. The maximum Gasteiger partial charge on any atom is 1.00 e. The minimum absolute atomic E-state index is 0. The van der Waals surface area contributed by atoms with Gasteiger partial charge >= 0.3 is 103 Å². The van der Waals surface area contributed by atoms with Gasteiger partial charge in [-0.25, -0.2) is 0 Å². The van der Waals surface area contributed by atoms with E-state index in [0.29, 0.717) is 12.8 Å². The fourth-order valence-corrected chi connectivity index (χ4v) is 3.74. The molecule has 0 aromatic rings. The van der Waals surface area contributed by atoms with Crippen LogP contribution >= 0.6 is 0 Å². The van der Waals surface area contributed by atoms with Gasteiger partial charge in [0.15, 0.2) is 0 Å². The second kappa shape index (κ2) is 24.8. The van der Waals surface area contributed by atoms with E-state index in [1.807, 2.05) is 0 Å². The van der Waals surface area contributed by atoms with Crippen molar-refractivity contribution in [3.05, 3.63) is 0 Å². The van der Waals surface area contributed by atoms with E-state index >= 15 is 0 Å². The Kier molecular flexibility index (Phi) is 30.7. The van der Waals surface area contributed by atoms with Crippen LogP contribution in [0.15, 0.2) is 0 Å². The Morgan fingerprint density at radius 2 is 0.759 bits per heavy atom. The summed E-state index contributed by atoms with van der Waals surface area (Å²) in [5.74, 6) is -2.93. The van der Waals surface area contributed by atoms with E-state index in [0.717, 1.165) is 38.5 Å². The molecule has 29 heavy (non-hydrogen) atoms. The van der Waals surface area contributed by atoms with Crippen molar-refractivity contribution in [2.24, 2.45) is 5.41 Å². The second-order valence-electron chi connectivity index (χ2n) is 8.11. The zero-order chi connectivity index (χ0) is 20.4. The van der Waals surface area contributed by atoms with Crippen molar-refractivity contribution in [3.8, 4) is 0 Å². The molecule has 4 nitrogen and oxygen atoms in total. The molecule has 0 aliphatic carbocycles. The third-order valence-corrected chi connectivity index (χ3v) is 5.70. The standard InChI is InChI=1S/C23H44O4.2K/c1-3-5-7-9-11-13-15-17-19-23(21(24)25,22(26)27)20-18-16-14-12-10-8-6-4-2;;/h3-20H2,1-2H3,(H,24,25)(H,26,27);;/q;2*+1/p-2. The van der Waals surface area contributed by atoms with Crippen LogP contribution in [0, 0.1) is 5.41 Å². The van der Waals surface area contributed by atoms with Gasteiger partial charge < -0.3 is 19.8 Å². The predicted molar refractivity (Wildman–Crippen MR) is 107 cm³/mol. The summed E-state index contributed by atoms with van der Waals surface area (Å²) in [5, 5.41) is 23.2. The molecule has 6 heteroatoms. The molecule has 0 N–H and O–H groups in total. The molecule has 0 aliphatic heterocycles. The van der Waals surface area contributed by atoms with Gasteiger partial charge in [0.25, 0.3) is 0 Å². The van der Waals surface area contributed by atoms with Crippen LogP contribution in [0.1, 0.15) is 129 Å². The van der Waals surface area contributed by atoms with Crippen LogP contribution in [-0.4, -0.2) is 11.9 Å². The average Bonchev–Trinajstić information content (AvgIpc) is 2.63. The van der Waals surface area contributed by atoms with Crippen molar-refractivity contribution < 1.29 is 123 Å². The number of hydrogen-bond donors (Lipinski definition) is 0. The number of aliphatic carboxylic acids is 2. The molecule has 0 aromatic carbocycles. The largest absolute Gasteiger partial charge is 1.00 e. The number of carbonyl (C=O) groups excluding carboxylic acids is 2. The first-order valence-electron chi connectivity index (χ1n) is 11.4. The minimum Gasteiger partial charge on any atom is -0.549 e. The van der Waals surface area contributed by atoms with Gasteiger partial charge in [-0.05, 0) is 12.8 Å². The Morgan fingerprint density at radius 3 is 1.00 bits per heavy atom. The van der Waals surface area contributed by atoms with Gasteiger partial charge in [-0.2, -0.15) is 0 Å². The summed E-state index contributed by atoms with van der Waals surface area (Å²) in [5.41, 5.74) is -1.80. The molecule has 0 spiro atoms. The van der Waals surface area contributed by atoms with E-state index in [-0.39, 0.29) is 116 Å². The predicted octanol–water partition coefficient (Wildman–Crippen LogP) is -1.46. The normalized spacial score (nSPS) is 10.8. The summed E-state index contributed by atoms with van der Waals surface area (Å²) in [6.45, 7) is 4.37. The fourth-order valence-electron chi connectivity index (χ4n) is 3.74. The number of carbonyl (C=O) groups is 2. The second-order valence-corrected chi connectivity index (χ2v) is 8.11. The SMILES string of the molecule is CCCCCCCCCCC(CCCCCCCCCC)(C(=O)[O-])C(=O)[O-].[K+].[K+]. The zero-order valence-corrected chi connectivity index (χ0v) is 26.1. The van der Waals surface area contributed by atoms with Crippen molar-refractivity contribution >= 4 is 11.9 Å². The Hall–Kier alpha value is 2.21. The van der Waals surface area contributed by atoms with E-state index in [1.165, 1.54) is 51.4 Å². The quantitative estimate of drug-likeness (QED) is 0.126. The summed E-state index contributed by atoms with van der Waals surface area (Å²) >= 11 is 0. The number of carboxylic acids is 2. The Labute approximate surface area is 265 Å². The molecule has 0 radical (unpaired) electrons. The molecule has 0 aromatic heterocycles. The van der Waals surface area contributed by atoms with Crippen molar-refractivity contribution in [1.82, 2.24) is 0 Å². The van der Waals surface area contributed by atoms with Crippen LogP contribution in [-0.2, 0) is 9.59 Å². The average molecular weight is 461 g/mol. The molecule has 0 fully saturated rings. The smallest absolute Gasteiger partial charge is 0.549 e. The molecule has 0 atom stereocenters. The first kappa shape index (κ1) is 35.8. The van der Waals surface area contributed by atoms with Crippen LogP contribution in [0.25, 0.3) is 0 Å². The van der Waals surface area contributed by atoms with Gasteiger partial charge in [0.2, 0.25) is 0 Å². The number of carboxylic acid groups (broad SMARTS) is 2. The number of hydrogen-bond acceptors (Lipinski definition) is 4. The van der Waals surface area contributed by atoms with E-state index < -0.39 is 17.4 Å². The van der Waals surface area contributed by atoms with Crippen LogP contribution in [0.5, 0.6) is 0 Å². The summed E-state index contributed by atoms with van der Waals surface area (Å²) < 4.78 is 0. The molecule has 160 valence electrons. The van der Waals surface area contributed by atoms with Gasteiger partial charge in [0.05, 0.1) is 11.9 Å². The summed E-state index contributed by atoms with van der Waals surface area (Å²) in [6, 6.07) is 0. The Balaban J connectivity index is -0.00000338. The number of unbranched alkanes of at least 4 members (excludes halogenated alkanes) is 14. The maximum atomic E-state index is 11.6. The first-order valence-corrected chi connectivity index (χ1v) is 11.4. The van der Waals surface area contributed by atoms with Gasteiger partial charge in [0, 0.05) is 5.41 Å². The van der Waals surface area contributed by atoms with Crippen molar-refractivity contribution in [1.29, 1.82) is 0 Å². The van der Waals surface area contributed by atoms with Crippen LogP contribution in [0.4, 0.5) is 0 Å². The first-order chi connectivity index (χ1) is 13.0. The molecule has 0 heterocycles. The van der Waals surface area contributed by atoms with Gasteiger partial charge in [-0.15, -0.1) is 0 Å². The molecule has 0 unspecified atom stereocenters. The minimum atomic E-state index is -1.80. The summed E-state index contributed by atoms with van der Waals surface area (Å²) in [7, 11) is 0. The van der Waals surface area contributed by atoms with E-state index in [2.05, 4.69) is 13.8 Å². The van der Waals surface area contributed by atoms with Crippen molar-refractivity contribution in [3.63, 3.8) is 0 Å². The summed E-state index contributed by atoms with van der Waals surface area (Å²) in [4.78, 5) is 23.2. The van der Waals surface area contributed by atoms with Crippen molar-refractivity contribution in [2.45, 2.75) is 129 Å². The Morgan fingerprint density at radius 1 is 0.517 bits per heavy atom. The topological polar surface area (TPSA) is 80.3 Å². The molecular formula is C23H42K2O4. The van der Waals surface area contributed by atoms with Gasteiger partial charge in [-0.1, -0.05) is 117 Å². The zero-order valence-electron chi connectivity index (χ0n) is 19.9. The van der Waals surface area contributed by atoms with E-state index in [1.54, 1.807) is 0 Å². The van der Waals surface area contributed by atoms with E-state index in [4.69, 9.17) is 0 Å². The summed E-state index contributed by atoms with van der Waals surface area (Å²) in [6.07, 6.45) is 17.5. The molecule has 0 aliphatic rings. The number of rotatable bonds is 20. The molecule has 0 rings (SSSR count). The Bertz CT molecular complexity index is 353. The van der Waals surface area contributed by atoms with Crippen LogP contribution in [0.2, 0.25) is 0 Å². The van der Waals surface area contributed by atoms with Gasteiger partial charge in [0.1, 0.15) is 0 Å². The molecule has 0 saturated heterocycles. The molecule has 0 bridgehead atoms. The molecule has 0 amide bonds. The van der Waals surface area contributed by atoms with Crippen LogP contribution in [0.3, 0.4) is 0 Å². The fraction of sp³-hybridized carbons (Fsp3) is 0.913. The van der Waals surface area contributed by atoms with E-state index in [9.17, 15) is 19.8 Å². The van der Waals surface area contributed by atoms with Crippen LogP contribution < -0.4 is 113 Å². The van der Waals surface area contributed by atoms with Gasteiger partial charge in [-0.3, -0.25) is 0 Å². The monoisotopic (exact) mass is 460 g/mol. The van der Waals surface area contributed by atoms with Crippen molar-refractivity contribution in [2.75, 3.05) is 0 Å². The molecule has 0 saturated carbocycles. The molecular weight excluding hydrogens is 418 g/mol. The third-order valence-electron chi connectivity index (χ3n) is 5.70.